The molecule has 0 aromatic heterocycles. The molecule has 5 nitrogen and oxygen atoms in total. The Labute approximate surface area is 157 Å². The van der Waals surface area contributed by atoms with Gasteiger partial charge in [0.05, 0.1) is 6.54 Å². The molecule has 1 N–H and O–H groups in total. The summed E-state index contributed by atoms with van der Waals surface area (Å²) in [6.07, 6.45) is 1.23. The van der Waals surface area contributed by atoms with Crippen LogP contribution in [0.5, 0.6) is 0 Å². The maximum absolute atomic E-state index is 12.9. The van der Waals surface area contributed by atoms with Gasteiger partial charge in [-0.2, -0.15) is 0 Å². The number of amides is 2. The van der Waals surface area contributed by atoms with Crippen molar-refractivity contribution in [1.29, 1.82) is 0 Å². The van der Waals surface area contributed by atoms with Crippen molar-refractivity contribution in [3.63, 3.8) is 0 Å². The number of Topliss-reactive ketones (excluding diaryl/α,β-unsaturated/α-hetero) is 1. The number of piperidine rings is 1. The summed E-state index contributed by atoms with van der Waals surface area (Å²) in [5.41, 5.74) is 1.00. The van der Waals surface area contributed by atoms with Gasteiger partial charge in [0.1, 0.15) is 5.82 Å². The van der Waals surface area contributed by atoms with Crippen LogP contribution in [-0.4, -0.2) is 42.1 Å². The monoisotopic (exact) mass is 368 g/mol. The Bertz CT molecular complexity index is 813. The fourth-order valence-electron chi connectivity index (χ4n) is 3.20. The molecule has 0 unspecified atom stereocenters. The number of rotatable bonds is 5. The van der Waals surface area contributed by atoms with Gasteiger partial charge in [0.15, 0.2) is 5.78 Å². The molecule has 140 valence electrons. The minimum atomic E-state index is -0.421. The minimum Gasteiger partial charge on any atom is -0.343 e. The van der Waals surface area contributed by atoms with E-state index in [9.17, 15) is 18.8 Å². The molecule has 1 aliphatic heterocycles. The Balaban J connectivity index is 1.46. The van der Waals surface area contributed by atoms with E-state index in [0.717, 1.165) is 0 Å². The average molecular weight is 368 g/mol. The fraction of sp³-hybridized carbons (Fsp3) is 0.286. The lowest BCUT2D eigenvalue weighted by Gasteiger charge is -2.31. The van der Waals surface area contributed by atoms with E-state index >= 15 is 0 Å². The SMILES string of the molecule is O=C(NCC(=O)N1CCC(C(=O)c2ccccc2)CC1)c1ccc(F)cc1. The third-order valence-electron chi connectivity index (χ3n) is 4.78. The molecule has 0 spiro atoms. The summed E-state index contributed by atoms with van der Waals surface area (Å²) in [5.74, 6) is -0.985. The zero-order valence-electron chi connectivity index (χ0n) is 14.9. The summed E-state index contributed by atoms with van der Waals surface area (Å²) in [6.45, 7) is 0.872. The van der Waals surface area contributed by atoms with Crippen molar-refractivity contribution in [2.75, 3.05) is 19.6 Å². The first-order valence-corrected chi connectivity index (χ1v) is 8.95. The van der Waals surface area contributed by atoms with Crippen LogP contribution in [0.15, 0.2) is 54.6 Å². The summed E-state index contributed by atoms with van der Waals surface area (Å²) in [6, 6.07) is 14.3. The number of benzene rings is 2. The van der Waals surface area contributed by atoms with E-state index in [1.54, 1.807) is 4.90 Å². The quantitative estimate of drug-likeness (QED) is 0.825. The zero-order chi connectivity index (χ0) is 19.2. The lowest BCUT2D eigenvalue weighted by Crippen LogP contribution is -2.45. The van der Waals surface area contributed by atoms with Crippen molar-refractivity contribution in [3.8, 4) is 0 Å². The van der Waals surface area contributed by atoms with Crippen molar-refractivity contribution in [3.05, 3.63) is 71.5 Å². The first kappa shape index (κ1) is 18.8. The largest absolute Gasteiger partial charge is 0.343 e. The van der Waals surface area contributed by atoms with Gasteiger partial charge in [-0.15, -0.1) is 0 Å². The van der Waals surface area contributed by atoms with Crippen LogP contribution in [0.3, 0.4) is 0 Å². The summed E-state index contributed by atoms with van der Waals surface area (Å²) in [4.78, 5) is 38.4. The van der Waals surface area contributed by atoms with Crippen molar-refractivity contribution in [2.45, 2.75) is 12.8 Å². The highest BCUT2D eigenvalue weighted by Crippen LogP contribution is 2.21. The van der Waals surface area contributed by atoms with Gasteiger partial charge in [-0.25, -0.2) is 4.39 Å². The number of nitrogens with zero attached hydrogens (tertiary/aromatic N) is 1. The van der Waals surface area contributed by atoms with Gasteiger partial charge in [-0.05, 0) is 37.1 Å². The lowest BCUT2D eigenvalue weighted by atomic mass is 9.89. The zero-order valence-corrected chi connectivity index (χ0v) is 14.9. The number of hydrogen-bond acceptors (Lipinski definition) is 3. The lowest BCUT2D eigenvalue weighted by molar-refractivity contribution is -0.131. The van der Waals surface area contributed by atoms with Crippen molar-refractivity contribution in [2.24, 2.45) is 5.92 Å². The molecule has 1 heterocycles. The first-order chi connectivity index (χ1) is 13.0. The van der Waals surface area contributed by atoms with Crippen LogP contribution < -0.4 is 5.32 Å². The van der Waals surface area contributed by atoms with E-state index in [2.05, 4.69) is 5.32 Å². The van der Waals surface area contributed by atoms with E-state index in [1.165, 1.54) is 24.3 Å². The van der Waals surface area contributed by atoms with Gasteiger partial charge in [0.25, 0.3) is 5.91 Å². The Morgan fingerprint density at radius 2 is 1.56 bits per heavy atom. The maximum Gasteiger partial charge on any atom is 0.251 e. The molecule has 0 atom stereocenters. The van der Waals surface area contributed by atoms with Crippen LogP contribution in [0.4, 0.5) is 4.39 Å². The molecule has 1 aliphatic rings. The third kappa shape index (κ3) is 4.78. The molecule has 2 aromatic carbocycles. The van der Waals surface area contributed by atoms with Gasteiger partial charge in [0.2, 0.25) is 5.91 Å². The number of nitrogens with one attached hydrogen (secondary N) is 1. The Hall–Kier alpha value is -3.02. The summed E-state index contributed by atoms with van der Waals surface area (Å²) < 4.78 is 12.9. The molecular weight excluding hydrogens is 347 g/mol. The number of hydrogen-bond donors (Lipinski definition) is 1. The second-order valence-corrected chi connectivity index (χ2v) is 6.57. The first-order valence-electron chi connectivity index (χ1n) is 8.95. The van der Waals surface area contributed by atoms with Gasteiger partial charge in [-0.3, -0.25) is 14.4 Å². The highest BCUT2D eigenvalue weighted by atomic mass is 19.1. The fourth-order valence-corrected chi connectivity index (χ4v) is 3.20. The van der Waals surface area contributed by atoms with Crippen LogP contribution in [0.1, 0.15) is 33.6 Å². The summed E-state index contributed by atoms with van der Waals surface area (Å²) in [7, 11) is 0. The normalized spacial score (nSPS) is 14.6. The molecule has 3 rings (SSSR count). The third-order valence-corrected chi connectivity index (χ3v) is 4.78. The molecule has 0 radical (unpaired) electrons. The predicted octanol–water partition coefficient (Wildman–Crippen LogP) is 2.68. The minimum absolute atomic E-state index is 0.0785. The molecule has 0 bridgehead atoms. The van der Waals surface area contributed by atoms with E-state index < -0.39 is 11.7 Å². The predicted molar refractivity (Wildman–Crippen MR) is 98.8 cm³/mol. The van der Waals surface area contributed by atoms with Crippen molar-refractivity contribution >= 4 is 17.6 Å². The topological polar surface area (TPSA) is 66.5 Å². The Morgan fingerprint density at radius 3 is 2.19 bits per heavy atom. The van der Waals surface area contributed by atoms with Crippen LogP contribution >= 0.6 is 0 Å². The number of halogens is 1. The van der Waals surface area contributed by atoms with Crippen LogP contribution in [0.25, 0.3) is 0 Å². The highest BCUT2D eigenvalue weighted by molar-refractivity contribution is 5.98. The molecular formula is C21H21FN2O3. The second-order valence-electron chi connectivity index (χ2n) is 6.57. The van der Waals surface area contributed by atoms with Crippen molar-refractivity contribution < 1.29 is 18.8 Å². The summed E-state index contributed by atoms with van der Waals surface area (Å²) in [5, 5.41) is 2.56. The molecule has 1 fully saturated rings. The van der Waals surface area contributed by atoms with E-state index in [0.29, 0.717) is 37.1 Å². The van der Waals surface area contributed by atoms with E-state index in [4.69, 9.17) is 0 Å². The van der Waals surface area contributed by atoms with Crippen LogP contribution in [-0.2, 0) is 4.79 Å². The smallest absolute Gasteiger partial charge is 0.251 e. The maximum atomic E-state index is 12.9. The number of likely N-dealkylation sites (tertiary alicyclic amines) is 1. The molecule has 27 heavy (non-hydrogen) atoms. The average Bonchev–Trinajstić information content (AvgIpc) is 2.72. The van der Waals surface area contributed by atoms with Gasteiger partial charge in [-0.1, -0.05) is 30.3 Å². The Morgan fingerprint density at radius 1 is 0.926 bits per heavy atom. The molecule has 0 saturated carbocycles. The van der Waals surface area contributed by atoms with Gasteiger partial charge >= 0.3 is 0 Å². The number of ketones is 1. The van der Waals surface area contributed by atoms with Gasteiger partial charge in [0, 0.05) is 30.1 Å². The molecule has 0 aliphatic carbocycles. The van der Waals surface area contributed by atoms with E-state index in [-0.39, 0.29) is 24.2 Å². The standard InChI is InChI=1S/C21H21FN2O3/c22-18-8-6-17(7-9-18)21(27)23-14-19(25)24-12-10-16(11-13-24)20(26)15-4-2-1-3-5-15/h1-9,16H,10-14H2,(H,23,27). The van der Waals surface area contributed by atoms with E-state index in [1.807, 2.05) is 30.3 Å². The molecule has 6 heteroatoms. The molecule has 1 saturated heterocycles. The summed E-state index contributed by atoms with van der Waals surface area (Å²) >= 11 is 0. The highest BCUT2D eigenvalue weighted by Gasteiger charge is 2.27. The van der Waals surface area contributed by atoms with Crippen LogP contribution in [0.2, 0.25) is 0 Å². The van der Waals surface area contributed by atoms with Crippen LogP contribution in [0, 0.1) is 11.7 Å². The van der Waals surface area contributed by atoms with Crippen molar-refractivity contribution in [1.82, 2.24) is 10.2 Å². The number of carbonyl (C=O) groups excluding carboxylic acids is 3. The molecule has 2 aromatic rings. The number of carbonyl (C=O) groups is 3. The second kappa shape index (κ2) is 8.58. The van der Waals surface area contributed by atoms with Gasteiger partial charge < -0.3 is 10.2 Å². The molecule has 2 amide bonds. The Kier molecular flexibility index (Phi) is 5.96.